The van der Waals surface area contributed by atoms with Gasteiger partial charge in [0.15, 0.2) is 5.82 Å². The van der Waals surface area contributed by atoms with Gasteiger partial charge in [-0.05, 0) is 97.1 Å². The van der Waals surface area contributed by atoms with E-state index in [1.54, 1.807) is 0 Å². The van der Waals surface area contributed by atoms with E-state index in [9.17, 15) is 0 Å². The van der Waals surface area contributed by atoms with E-state index in [2.05, 4.69) is 190 Å². The summed E-state index contributed by atoms with van der Waals surface area (Å²) in [5.74, 6) is 0.694. The summed E-state index contributed by atoms with van der Waals surface area (Å²) in [6, 6.07) is 69.4. The molecule has 1 aliphatic carbocycles. The maximum atomic E-state index is 6.55. The van der Waals surface area contributed by atoms with Crippen LogP contribution in [0.2, 0.25) is 0 Å². The molecule has 3 nitrogen and oxygen atoms in total. The van der Waals surface area contributed by atoms with Crippen molar-refractivity contribution in [1.82, 2.24) is 9.97 Å². The van der Waals surface area contributed by atoms with E-state index in [0.717, 1.165) is 66.5 Å². The predicted octanol–water partition coefficient (Wildman–Crippen LogP) is 15.3. The third-order valence-electron chi connectivity index (χ3n) is 12.7. The van der Waals surface area contributed by atoms with Crippen molar-refractivity contribution in [1.29, 1.82) is 0 Å². The molecule has 60 heavy (non-hydrogen) atoms. The summed E-state index contributed by atoms with van der Waals surface area (Å²) in [5, 5.41) is 7.08. The first-order chi connectivity index (χ1) is 29.5. The highest BCUT2D eigenvalue weighted by Gasteiger charge is 2.37. The van der Waals surface area contributed by atoms with Crippen LogP contribution in [0.25, 0.3) is 111 Å². The zero-order valence-corrected chi connectivity index (χ0v) is 33.3. The number of aromatic nitrogens is 2. The summed E-state index contributed by atoms with van der Waals surface area (Å²) in [5.41, 5.74) is 16.6. The Morgan fingerprint density at radius 1 is 0.400 bits per heavy atom. The van der Waals surface area contributed by atoms with Crippen LogP contribution in [0.15, 0.2) is 199 Å². The lowest BCUT2D eigenvalue weighted by atomic mass is 9.81. The zero-order chi connectivity index (χ0) is 40.0. The fraction of sp³-hybridized carbons (Fsp3) is 0.0526. The van der Waals surface area contributed by atoms with Crippen LogP contribution in [-0.4, -0.2) is 9.97 Å². The number of hydrogen-bond acceptors (Lipinski definition) is 3. The van der Waals surface area contributed by atoms with Crippen molar-refractivity contribution < 1.29 is 4.42 Å². The van der Waals surface area contributed by atoms with Gasteiger partial charge in [0.25, 0.3) is 0 Å². The highest BCUT2D eigenvalue weighted by Crippen LogP contribution is 2.53. The van der Waals surface area contributed by atoms with E-state index >= 15 is 0 Å². The maximum Gasteiger partial charge on any atom is 0.160 e. The monoisotopic (exact) mass is 766 g/mol. The summed E-state index contributed by atoms with van der Waals surface area (Å²) in [6.07, 6.45) is 0. The molecule has 0 N–H and O–H groups in total. The molecule has 0 fully saturated rings. The van der Waals surface area contributed by atoms with Gasteiger partial charge in [-0.2, -0.15) is 0 Å². The third-order valence-corrected chi connectivity index (χ3v) is 12.7. The van der Waals surface area contributed by atoms with Crippen molar-refractivity contribution in [3.8, 4) is 67.3 Å². The Morgan fingerprint density at radius 2 is 1.05 bits per heavy atom. The van der Waals surface area contributed by atoms with Gasteiger partial charge in [0.1, 0.15) is 11.2 Å². The second-order valence-corrected chi connectivity index (χ2v) is 16.5. The highest BCUT2D eigenvalue weighted by molar-refractivity contribution is 6.19. The molecule has 282 valence electrons. The van der Waals surface area contributed by atoms with Crippen molar-refractivity contribution in [2.45, 2.75) is 19.3 Å². The Bertz CT molecular complexity index is 3500. The van der Waals surface area contributed by atoms with Crippen molar-refractivity contribution in [3.05, 3.63) is 205 Å². The molecule has 0 unspecified atom stereocenters. The molecule has 3 heteroatoms. The Balaban J connectivity index is 0.963. The fourth-order valence-electron chi connectivity index (χ4n) is 9.63. The summed E-state index contributed by atoms with van der Waals surface area (Å²) in [6.45, 7) is 4.71. The molecule has 0 saturated heterocycles. The smallest absolute Gasteiger partial charge is 0.160 e. The Hall–Kier alpha value is -7.62. The number of furan rings is 1. The molecular weight excluding hydrogens is 729 g/mol. The Kier molecular flexibility index (Phi) is 7.58. The summed E-state index contributed by atoms with van der Waals surface area (Å²) in [4.78, 5) is 10.4. The SMILES string of the molecule is CC1(C)c2cc3ccccc3cc2-c2c(-c3ccc(-c4cc(-c5cccc(-c6cccc7oc8c9ccccc9ccc8c67)c5)nc(-c5ccccc5)n4)cc3)cccc21. The van der Waals surface area contributed by atoms with E-state index < -0.39 is 0 Å². The molecule has 0 bridgehead atoms. The summed E-state index contributed by atoms with van der Waals surface area (Å²) >= 11 is 0. The molecule has 2 heterocycles. The normalized spacial score (nSPS) is 13.0. The molecule has 9 aromatic carbocycles. The lowest BCUT2D eigenvalue weighted by molar-refractivity contribution is 0.661. The zero-order valence-electron chi connectivity index (χ0n) is 33.3. The minimum absolute atomic E-state index is 0.0964. The molecule has 0 radical (unpaired) electrons. The molecule has 0 saturated carbocycles. The molecule has 0 spiro atoms. The first kappa shape index (κ1) is 34.4. The quantitative estimate of drug-likeness (QED) is 0.175. The third kappa shape index (κ3) is 5.36. The molecular formula is C57H38N2O. The number of fused-ring (bicyclic) bond motifs is 9. The van der Waals surface area contributed by atoms with Gasteiger partial charge in [-0.3, -0.25) is 0 Å². The van der Waals surface area contributed by atoms with Gasteiger partial charge in [-0.1, -0.05) is 172 Å². The van der Waals surface area contributed by atoms with Gasteiger partial charge < -0.3 is 4.42 Å². The molecule has 0 atom stereocenters. The fourth-order valence-corrected chi connectivity index (χ4v) is 9.63. The molecule has 1 aliphatic rings. The van der Waals surface area contributed by atoms with Crippen LogP contribution in [0.3, 0.4) is 0 Å². The molecule has 0 amide bonds. The lowest BCUT2D eigenvalue weighted by Gasteiger charge is -2.22. The molecule has 12 rings (SSSR count). The van der Waals surface area contributed by atoms with Gasteiger partial charge in [0.2, 0.25) is 0 Å². The first-order valence-corrected chi connectivity index (χ1v) is 20.6. The number of benzene rings is 9. The standard InChI is InChI=1S/C57H38N2O/c1-57(2)48-23-11-21-43(53(48)47-32-39-16-6-7-17-40(39)33-49(47)57)36-25-27-37(28-26-36)50-34-51(59-56(58-50)38-14-4-3-5-15-38)42-19-10-18-41(31-42)44-22-12-24-52-54(44)46-30-29-35-13-8-9-20-45(35)55(46)60-52/h3-34H,1-2H3. The second-order valence-electron chi connectivity index (χ2n) is 16.5. The van der Waals surface area contributed by atoms with Crippen molar-refractivity contribution in [3.63, 3.8) is 0 Å². The Labute approximate surface area is 348 Å². The highest BCUT2D eigenvalue weighted by atomic mass is 16.3. The lowest BCUT2D eigenvalue weighted by Crippen LogP contribution is -2.14. The molecule has 0 aliphatic heterocycles. The maximum absolute atomic E-state index is 6.55. The minimum Gasteiger partial charge on any atom is -0.455 e. The van der Waals surface area contributed by atoms with E-state index in [0.29, 0.717) is 5.82 Å². The average molecular weight is 767 g/mol. The minimum atomic E-state index is -0.0964. The van der Waals surface area contributed by atoms with E-state index in [1.165, 1.54) is 49.5 Å². The van der Waals surface area contributed by atoms with Crippen molar-refractivity contribution in [2.75, 3.05) is 0 Å². The van der Waals surface area contributed by atoms with Crippen LogP contribution in [0.5, 0.6) is 0 Å². The topological polar surface area (TPSA) is 38.9 Å². The molecule has 2 aromatic heterocycles. The van der Waals surface area contributed by atoms with Crippen LogP contribution < -0.4 is 0 Å². The largest absolute Gasteiger partial charge is 0.455 e. The van der Waals surface area contributed by atoms with Crippen LogP contribution in [0, 0.1) is 0 Å². The van der Waals surface area contributed by atoms with Crippen LogP contribution in [0.1, 0.15) is 25.0 Å². The van der Waals surface area contributed by atoms with Gasteiger partial charge >= 0.3 is 0 Å². The Morgan fingerprint density at radius 3 is 1.88 bits per heavy atom. The second kappa shape index (κ2) is 13.2. The molecule has 11 aromatic rings. The van der Waals surface area contributed by atoms with E-state index in [-0.39, 0.29) is 5.41 Å². The first-order valence-electron chi connectivity index (χ1n) is 20.6. The summed E-state index contributed by atoms with van der Waals surface area (Å²) < 4.78 is 6.55. The van der Waals surface area contributed by atoms with Crippen molar-refractivity contribution >= 4 is 43.5 Å². The average Bonchev–Trinajstić information content (AvgIpc) is 3.80. The van der Waals surface area contributed by atoms with Crippen LogP contribution >= 0.6 is 0 Å². The summed E-state index contributed by atoms with van der Waals surface area (Å²) in [7, 11) is 0. The predicted molar refractivity (Wildman–Crippen MR) is 249 cm³/mol. The number of rotatable bonds is 5. The van der Waals surface area contributed by atoms with Crippen molar-refractivity contribution in [2.24, 2.45) is 0 Å². The van der Waals surface area contributed by atoms with Crippen LogP contribution in [-0.2, 0) is 5.41 Å². The van der Waals surface area contributed by atoms with Gasteiger partial charge in [-0.15, -0.1) is 0 Å². The van der Waals surface area contributed by atoms with E-state index in [1.807, 2.05) is 18.2 Å². The van der Waals surface area contributed by atoms with Gasteiger partial charge in [0, 0.05) is 38.3 Å². The number of hydrogen-bond donors (Lipinski definition) is 0. The number of nitrogens with zero attached hydrogens (tertiary/aromatic N) is 2. The van der Waals surface area contributed by atoms with Gasteiger partial charge in [-0.25, -0.2) is 9.97 Å². The van der Waals surface area contributed by atoms with Gasteiger partial charge in [0.05, 0.1) is 11.4 Å². The van der Waals surface area contributed by atoms with Crippen LogP contribution in [0.4, 0.5) is 0 Å². The van der Waals surface area contributed by atoms with E-state index in [4.69, 9.17) is 14.4 Å².